The minimum atomic E-state index is -1.06. The summed E-state index contributed by atoms with van der Waals surface area (Å²) in [5.74, 6) is -2.91. The third-order valence-electron chi connectivity index (χ3n) is 2.67. The molecule has 18 heavy (non-hydrogen) atoms. The van der Waals surface area contributed by atoms with Crippen LogP contribution in [0.2, 0.25) is 0 Å². The first kappa shape index (κ1) is 14.1. The maximum atomic E-state index is 11.7. The number of nitrogens with zero attached hydrogens (tertiary/aromatic N) is 3. The van der Waals surface area contributed by atoms with E-state index in [0.29, 0.717) is 12.3 Å². The Hall–Kier alpha value is -1.92. The molecule has 1 rings (SSSR count). The second kappa shape index (κ2) is 6.13. The molecule has 0 aliphatic carbocycles. The van der Waals surface area contributed by atoms with Gasteiger partial charge in [-0.3, -0.25) is 9.59 Å². The molecular formula is C11H17N3O4. The molecule has 1 heterocycles. The van der Waals surface area contributed by atoms with E-state index in [2.05, 4.69) is 19.7 Å². The van der Waals surface area contributed by atoms with Gasteiger partial charge in [-0.2, -0.15) is 15.3 Å². The Bertz CT molecular complexity index is 376. The number of hydrogen-bond donors (Lipinski definition) is 0. The van der Waals surface area contributed by atoms with Crippen molar-refractivity contribution in [3.8, 4) is 0 Å². The van der Waals surface area contributed by atoms with Crippen LogP contribution in [0.5, 0.6) is 0 Å². The van der Waals surface area contributed by atoms with Crippen molar-refractivity contribution in [1.29, 1.82) is 0 Å². The van der Waals surface area contributed by atoms with Crippen LogP contribution in [-0.2, 0) is 19.1 Å². The van der Waals surface area contributed by atoms with Gasteiger partial charge in [-0.25, -0.2) is 0 Å². The number of hydrazone groups is 2. The van der Waals surface area contributed by atoms with Gasteiger partial charge in [0.05, 0.1) is 26.7 Å². The molecule has 0 N–H and O–H groups in total. The van der Waals surface area contributed by atoms with Crippen molar-refractivity contribution in [3.05, 3.63) is 0 Å². The van der Waals surface area contributed by atoms with E-state index in [4.69, 9.17) is 0 Å². The summed E-state index contributed by atoms with van der Waals surface area (Å²) in [4.78, 5) is 23.3. The van der Waals surface area contributed by atoms with E-state index in [1.165, 1.54) is 25.6 Å². The Morgan fingerprint density at radius 2 is 1.94 bits per heavy atom. The van der Waals surface area contributed by atoms with Crippen molar-refractivity contribution >= 4 is 23.9 Å². The second-order valence-corrected chi connectivity index (χ2v) is 3.74. The molecule has 0 aromatic heterocycles. The predicted octanol–water partition coefficient (Wildman–Crippen LogP) is 0.262. The Balaban J connectivity index is 2.98. The number of methoxy groups -OCH3 is 2. The number of carbonyl (C=O) groups is 2. The summed E-state index contributed by atoms with van der Waals surface area (Å²) in [6, 6.07) is 0. The van der Waals surface area contributed by atoms with Gasteiger partial charge in [-0.15, -0.1) is 0 Å². The van der Waals surface area contributed by atoms with Crippen LogP contribution in [-0.4, -0.2) is 49.7 Å². The largest absolute Gasteiger partial charge is 0.468 e. The maximum Gasteiger partial charge on any atom is 0.321 e. The molecular weight excluding hydrogens is 238 g/mol. The Morgan fingerprint density at radius 3 is 2.33 bits per heavy atom. The third-order valence-corrected chi connectivity index (χ3v) is 2.67. The quantitative estimate of drug-likeness (QED) is 0.532. The molecule has 0 aromatic rings. The smallest absolute Gasteiger partial charge is 0.321 e. The van der Waals surface area contributed by atoms with Crippen LogP contribution in [0.3, 0.4) is 0 Å². The molecule has 1 aliphatic heterocycles. The highest BCUT2D eigenvalue weighted by Crippen LogP contribution is 2.19. The average molecular weight is 255 g/mol. The number of ether oxygens (including phenoxy) is 2. The van der Waals surface area contributed by atoms with Crippen LogP contribution < -0.4 is 0 Å². The molecule has 1 aliphatic rings. The van der Waals surface area contributed by atoms with E-state index >= 15 is 0 Å². The van der Waals surface area contributed by atoms with E-state index in [1.54, 1.807) is 6.92 Å². The zero-order valence-electron chi connectivity index (χ0n) is 10.9. The summed E-state index contributed by atoms with van der Waals surface area (Å²) in [5.41, 5.74) is 0.618. The van der Waals surface area contributed by atoms with Gasteiger partial charge in [-0.05, 0) is 13.8 Å². The fourth-order valence-electron chi connectivity index (χ4n) is 1.65. The molecule has 1 unspecified atom stereocenters. The highest BCUT2D eigenvalue weighted by atomic mass is 16.5. The lowest BCUT2D eigenvalue weighted by Gasteiger charge is -2.25. The molecule has 0 saturated heterocycles. The van der Waals surface area contributed by atoms with Gasteiger partial charge in [0.15, 0.2) is 5.92 Å². The summed E-state index contributed by atoms with van der Waals surface area (Å²) in [6.45, 7) is 4.24. The first-order valence-electron chi connectivity index (χ1n) is 5.57. The second-order valence-electron chi connectivity index (χ2n) is 3.74. The van der Waals surface area contributed by atoms with Crippen molar-refractivity contribution < 1.29 is 19.1 Å². The Kier molecular flexibility index (Phi) is 4.82. The summed E-state index contributed by atoms with van der Waals surface area (Å²) in [5, 5.41) is 9.70. The van der Waals surface area contributed by atoms with Gasteiger partial charge in [0.1, 0.15) is 0 Å². The number of carbonyl (C=O) groups excluding carboxylic acids is 2. The summed E-state index contributed by atoms with van der Waals surface area (Å²) in [7, 11) is 2.45. The highest BCUT2D eigenvalue weighted by Gasteiger charge is 2.39. The Morgan fingerprint density at radius 1 is 1.39 bits per heavy atom. The molecule has 0 spiro atoms. The standard InChI is InChI=1S/C11H17N3O4/c1-5-14-12-6-8(7(2)13-14)9(10(15)17-3)11(16)18-4/h6,8-9H,5H2,1-4H3. The molecule has 7 heteroatoms. The summed E-state index contributed by atoms with van der Waals surface area (Å²) in [6.07, 6.45) is 1.52. The fourth-order valence-corrected chi connectivity index (χ4v) is 1.65. The molecule has 7 nitrogen and oxygen atoms in total. The molecule has 1 atom stereocenters. The van der Waals surface area contributed by atoms with Crippen molar-refractivity contribution in [3.63, 3.8) is 0 Å². The van der Waals surface area contributed by atoms with Crippen molar-refractivity contribution in [2.24, 2.45) is 22.0 Å². The van der Waals surface area contributed by atoms with Crippen molar-refractivity contribution in [1.82, 2.24) is 5.12 Å². The van der Waals surface area contributed by atoms with Crippen LogP contribution in [0.25, 0.3) is 0 Å². The first-order chi connectivity index (χ1) is 8.54. The highest BCUT2D eigenvalue weighted by molar-refractivity contribution is 6.08. The third kappa shape index (κ3) is 2.85. The molecule has 0 saturated carbocycles. The van der Waals surface area contributed by atoms with Crippen LogP contribution >= 0.6 is 0 Å². The van der Waals surface area contributed by atoms with Crippen LogP contribution in [0.15, 0.2) is 10.2 Å². The van der Waals surface area contributed by atoms with Gasteiger partial charge in [0, 0.05) is 11.9 Å². The zero-order chi connectivity index (χ0) is 13.7. The molecule has 0 bridgehead atoms. The number of esters is 2. The van der Waals surface area contributed by atoms with Gasteiger partial charge in [0.25, 0.3) is 0 Å². The lowest BCUT2D eigenvalue weighted by molar-refractivity contribution is -0.159. The monoisotopic (exact) mass is 255 g/mol. The van der Waals surface area contributed by atoms with Crippen molar-refractivity contribution in [2.75, 3.05) is 20.8 Å². The van der Waals surface area contributed by atoms with Crippen LogP contribution in [0, 0.1) is 11.8 Å². The summed E-state index contributed by atoms with van der Waals surface area (Å²) >= 11 is 0. The predicted molar refractivity (Wildman–Crippen MR) is 65.0 cm³/mol. The molecule has 0 aromatic carbocycles. The molecule has 0 radical (unpaired) electrons. The minimum absolute atomic E-state index is 0.535. The van der Waals surface area contributed by atoms with E-state index < -0.39 is 23.8 Å². The number of rotatable bonds is 4. The zero-order valence-corrected chi connectivity index (χ0v) is 10.9. The molecule has 0 fully saturated rings. The SMILES string of the molecule is CCN1N=CC(C(C(=O)OC)C(=O)OC)C(C)=N1. The molecule has 100 valence electrons. The lowest BCUT2D eigenvalue weighted by atomic mass is 9.89. The Labute approximate surface area is 105 Å². The normalized spacial score (nSPS) is 18.6. The van der Waals surface area contributed by atoms with Gasteiger partial charge in [0.2, 0.25) is 0 Å². The van der Waals surface area contributed by atoms with Crippen LogP contribution in [0.1, 0.15) is 13.8 Å². The van der Waals surface area contributed by atoms with Gasteiger partial charge >= 0.3 is 11.9 Å². The maximum absolute atomic E-state index is 11.7. The van der Waals surface area contributed by atoms with Gasteiger partial charge in [-0.1, -0.05) is 0 Å². The van der Waals surface area contributed by atoms with E-state index in [1.807, 2.05) is 6.92 Å². The molecule has 0 amide bonds. The van der Waals surface area contributed by atoms with E-state index in [-0.39, 0.29) is 0 Å². The summed E-state index contributed by atoms with van der Waals surface area (Å²) < 4.78 is 9.24. The fraction of sp³-hybridized carbons (Fsp3) is 0.636. The van der Waals surface area contributed by atoms with Crippen LogP contribution in [0.4, 0.5) is 0 Å². The minimum Gasteiger partial charge on any atom is -0.468 e. The number of hydrogen-bond acceptors (Lipinski definition) is 7. The first-order valence-corrected chi connectivity index (χ1v) is 5.57. The average Bonchev–Trinajstić information content (AvgIpc) is 2.39. The van der Waals surface area contributed by atoms with Crippen molar-refractivity contribution in [2.45, 2.75) is 13.8 Å². The van der Waals surface area contributed by atoms with E-state index in [0.717, 1.165) is 0 Å². The lowest BCUT2D eigenvalue weighted by Crippen LogP contribution is -2.40. The topological polar surface area (TPSA) is 80.6 Å². The van der Waals surface area contributed by atoms with E-state index in [9.17, 15) is 9.59 Å². The van der Waals surface area contributed by atoms with Gasteiger partial charge < -0.3 is 9.47 Å².